The summed E-state index contributed by atoms with van der Waals surface area (Å²) in [5, 5.41) is 4.48. The van der Waals surface area contributed by atoms with E-state index in [1.165, 1.54) is 0 Å². The Balaban J connectivity index is 2.64. The molecule has 0 unspecified atom stereocenters. The van der Waals surface area contributed by atoms with Crippen molar-refractivity contribution < 1.29 is 4.74 Å². The van der Waals surface area contributed by atoms with Crippen molar-refractivity contribution in [1.82, 2.24) is 0 Å². The van der Waals surface area contributed by atoms with Crippen LogP contribution in [-0.4, -0.2) is 12.3 Å². The highest BCUT2D eigenvalue weighted by atomic mass is 35.5. The minimum absolute atomic E-state index is 0.353. The third-order valence-electron chi connectivity index (χ3n) is 1.87. The number of rotatable bonds is 0. The molecule has 1 heterocycles. The molecule has 1 aromatic carbocycles. The molecule has 0 saturated heterocycles. The number of nitrogens with zero attached hydrogens (tertiary/aromatic N) is 1. The molecule has 0 aromatic heterocycles. The second-order valence-corrected chi connectivity index (χ2v) is 3.39. The zero-order valence-electron chi connectivity index (χ0n) is 6.55. The van der Waals surface area contributed by atoms with Gasteiger partial charge in [0, 0.05) is 5.56 Å². The van der Waals surface area contributed by atoms with Gasteiger partial charge in [-0.05, 0) is 12.1 Å². The lowest BCUT2D eigenvalue weighted by molar-refractivity contribution is 0.393. The second-order valence-electron chi connectivity index (χ2n) is 2.60. The van der Waals surface area contributed by atoms with E-state index in [0.29, 0.717) is 28.1 Å². The topological polar surface area (TPSA) is 47.6 Å². The summed E-state index contributed by atoms with van der Waals surface area (Å²) >= 11 is 11.7. The largest absolute Gasteiger partial charge is 0.485 e. The maximum absolute atomic E-state index is 5.91. The second kappa shape index (κ2) is 3.09. The zero-order valence-corrected chi connectivity index (χ0v) is 8.06. The molecule has 0 atom stereocenters. The Morgan fingerprint density at radius 3 is 2.85 bits per heavy atom. The summed E-state index contributed by atoms with van der Waals surface area (Å²) in [6.07, 6.45) is 0. The van der Waals surface area contributed by atoms with Crippen LogP contribution in [0.25, 0.3) is 0 Å². The predicted molar refractivity (Wildman–Crippen MR) is 52.7 cm³/mol. The van der Waals surface area contributed by atoms with Crippen LogP contribution in [0.15, 0.2) is 17.2 Å². The summed E-state index contributed by atoms with van der Waals surface area (Å²) < 4.78 is 5.29. The number of ether oxygens (including phenoxy) is 1. The van der Waals surface area contributed by atoms with Gasteiger partial charge in [0.05, 0.1) is 5.02 Å². The van der Waals surface area contributed by atoms with Crippen LogP contribution in [0.1, 0.15) is 5.56 Å². The van der Waals surface area contributed by atoms with E-state index in [4.69, 9.17) is 33.8 Å². The van der Waals surface area contributed by atoms with Crippen LogP contribution in [0.3, 0.4) is 0 Å². The Morgan fingerprint density at radius 1 is 1.38 bits per heavy atom. The van der Waals surface area contributed by atoms with Crippen LogP contribution in [0.2, 0.25) is 10.0 Å². The van der Waals surface area contributed by atoms with Crippen molar-refractivity contribution >= 4 is 28.9 Å². The van der Waals surface area contributed by atoms with Crippen LogP contribution in [-0.2, 0) is 0 Å². The van der Waals surface area contributed by atoms with Crippen LogP contribution in [0, 0.1) is 0 Å². The summed E-state index contributed by atoms with van der Waals surface area (Å²) in [5.41, 5.74) is 1.51. The Bertz CT molecular complexity index is 390. The van der Waals surface area contributed by atoms with Crippen LogP contribution in [0.4, 0.5) is 0 Å². The molecule has 0 radical (unpaired) electrons. The van der Waals surface area contributed by atoms with Crippen molar-refractivity contribution in [3.8, 4) is 5.75 Å². The third kappa shape index (κ3) is 1.24. The monoisotopic (exact) mass is 216 g/mol. The molecule has 0 saturated carbocycles. The smallest absolute Gasteiger partial charge is 0.149 e. The van der Waals surface area contributed by atoms with Crippen LogP contribution < -0.4 is 10.6 Å². The average Bonchev–Trinajstić information content (AvgIpc) is 2.55. The first-order valence-corrected chi connectivity index (χ1v) is 4.37. The Kier molecular flexibility index (Phi) is 2.06. The minimum Gasteiger partial charge on any atom is -0.485 e. The molecule has 1 aliphatic rings. The van der Waals surface area contributed by atoms with Crippen molar-refractivity contribution in [3.05, 3.63) is 27.7 Å². The number of hydrogen-bond donors (Lipinski definition) is 1. The van der Waals surface area contributed by atoms with Gasteiger partial charge in [0.15, 0.2) is 0 Å². The maximum Gasteiger partial charge on any atom is 0.149 e. The molecule has 0 aliphatic carbocycles. The summed E-state index contributed by atoms with van der Waals surface area (Å²) in [5.74, 6) is 5.74. The molecular weight excluding hydrogens is 211 g/mol. The molecule has 0 amide bonds. The number of nitrogens with two attached hydrogens (primary N) is 1. The molecule has 13 heavy (non-hydrogen) atoms. The summed E-state index contributed by atoms with van der Waals surface area (Å²) in [6, 6.07) is 3.49. The maximum atomic E-state index is 5.91. The van der Waals surface area contributed by atoms with Crippen LogP contribution in [0.5, 0.6) is 5.75 Å². The first kappa shape index (κ1) is 8.66. The lowest BCUT2D eigenvalue weighted by atomic mass is 10.1. The molecule has 1 aromatic rings. The van der Waals surface area contributed by atoms with E-state index in [-0.39, 0.29) is 0 Å². The van der Waals surface area contributed by atoms with E-state index >= 15 is 0 Å². The number of fused-ring (bicyclic) bond motifs is 1. The Morgan fingerprint density at radius 2 is 2.15 bits per heavy atom. The Hall–Kier alpha value is -0.930. The van der Waals surface area contributed by atoms with Gasteiger partial charge < -0.3 is 10.6 Å². The summed E-state index contributed by atoms with van der Waals surface area (Å²) in [4.78, 5) is 0. The standard InChI is InChI=1S/C8H6Cl2N2O/c9-5-2-1-4-6(12-11)3-13-8(4)7(5)10/h1-2H,3,11H2/b12-6-. The van der Waals surface area contributed by atoms with Gasteiger partial charge in [-0.15, -0.1) is 0 Å². The third-order valence-corrected chi connectivity index (χ3v) is 2.66. The van der Waals surface area contributed by atoms with Crippen LogP contribution >= 0.6 is 23.2 Å². The zero-order chi connectivity index (χ0) is 9.42. The lowest BCUT2D eigenvalue weighted by Crippen LogP contribution is -2.04. The van der Waals surface area contributed by atoms with Gasteiger partial charge in [-0.1, -0.05) is 23.2 Å². The van der Waals surface area contributed by atoms with Crippen molar-refractivity contribution in [3.63, 3.8) is 0 Å². The molecule has 0 bridgehead atoms. The van der Waals surface area contributed by atoms with E-state index in [9.17, 15) is 0 Å². The van der Waals surface area contributed by atoms with Crippen molar-refractivity contribution in [2.45, 2.75) is 0 Å². The minimum atomic E-state index is 0.353. The number of hydrazone groups is 1. The van der Waals surface area contributed by atoms with Crippen molar-refractivity contribution in [1.29, 1.82) is 0 Å². The first-order valence-electron chi connectivity index (χ1n) is 3.62. The molecule has 2 N–H and O–H groups in total. The number of benzene rings is 1. The Labute approximate surface area is 85.1 Å². The van der Waals surface area contributed by atoms with E-state index in [0.717, 1.165) is 5.56 Å². The number of hydrogen-bond acceptors (Lipinski definition) is 3. The normalized spacial score (nSPS) is 17.2. The molecule has 2 rings (SSSR count). The van der Waals surface area contributed by atoms with E-state index < -0.39 is 0 Å². The van der Waals surface area contributed by atoms with Crippen molar-refractivity contribution in [2.24, 2.45) is 10.9 Å². The van der Waals surface area contributed by atoms with Gasteiger partial charge >= 0.3 is 0 Å². The molecule has 1 aliphatic heterocycles. The molecule has 3 nitrogen and oxygen atoms in total. The van der Waals surface area contributed by atoms with E-state index in [1.54, 1.807) is 12.1 Å². The average molecular weight is 217 g/mol. The van der Waals surface area contributed by atoms with Gasteiger partial charge in [0.2, 0.25) is 0 Å². The van der Waals surface area contributed by atoms with Gasteiger partial charge in [-0.2, -0.15) is 5.10 Å². The van der Waals surface area contributed by atoms with E-state index in [1.807, 2.05) is 0 Å². The molecular formula is C8H6Cl2N2O. The van der Waals surface area contributed by atoms with Crippen molar-refractivity contribution in [2.75, 3.05) is 6.61 Å². The summed E-state index contributed by atoms with van der Waals surface area (Å²) in [6.45, 7) is 0.353. The molecule has 68 valence electrons. The number of halogens is 2. The fraction of sp³-hybridized carbons (Fsp3) is 0.125. The van der Waals surface area contributed by atoms with Gasteiger partial charge in [0.1, 0.15) is 23.1 Å². The highest BCUT2D eigenvalue weighted by molar-refractivity contribution is 6.43. The highest BCUT2D eigenvalue weighted by Crippen LogP contribution is 2.38. The molecule has 0 fully saturated rings. The molecule has 0 spiro atoms. The fourth-order valence-corrected chi connectivity index (χ4v) is 1.59. The van der Waals surface area contributed by atoms with E-state index in [2.05, 4.69) is 5.10 Å². The quantitative estimate of drug-likeness (QED) is 0.534. The van der Waals surface area contributed by atoms with Gasteiger partial charge in [0.25, 0.3) is 0 Å². The first-order chi connectivity index (χ1) is 6.24. The van der Waals surface area contributed by atoms with Gasteiger partial charge in [-0.3, -0.25) is 0 Å². The fourth-order valence-electron chi connectivity index (χ4n) is 1.23. The summed E-state index contributed by atoms with van der Waals surface area (Å²) in [7, 11) is 0. The molecule has 5 heteroatoms. The van der Waals surface area contributed by atoms with Gasteiger partial charge in [-0.25, -0.2) is 0 Å². The lowest BCUT2D eigenvalue weighted by Gasteiger charge is -2.01. The highest BCUT2D eigenvalue weighted by Gasteiger charge is 2.23. The predicted octanol–water partition coefficient (Wildman–Crippen LogP) is 2.05. The SMILES string of the molecule is N/N=C1/COc2c1ccc(Cl)c2Cl.